The van der Waals surface area contributed by atoms with Gasteiger partial charge in [-0.15, -0.1) is 11.3 Å². The third-order valence-electron chi connectivity index (χ3n) is 3.47. The summed E-state index contributed by atoms with van der Waals surface area (Å²) >= 11 is 1.44. The third-order valence-corrected chi connectivity index (χ3v) is 4.31. The number of nitrogens with zero attached hydrogens (tertiary/aromatic N) is 1. The molecule has 0 aliphatic carbocycles. The second kappa shape index (κ2) is 5.33. The van der Waals surface area contributed by atoms with E-state index < -0.39 is 0 Å². The van der Waals surface area contributed by atoms with E-state index in [9.17, 15) is 4.79 Å². The second-order valence-electron chi connectivity index (χ2n) is 4.83. The number of rotatable bonds is 1. The Morgan fingerprint density at radius 2 is 2.21 bits per heavy atom. The first-order valence-electron chi connectivity index (χ1n) is 6.39. The summed E-state index contributed by atoms with van der Waals surface area (Å²) in [6, 6.07) is 1.80. The van der Waals surface area contributed by atoms with E-state index in [4.69, 9.17) is 9.84 Å². The lowest BCUT2D eigenvalue weighted by atomic mass is 10.2. The molecule has 1 aromatic heterocycles. The molecule has 0 spiro atoms. The molecule has 0 radical (unpaired) electrons. The first-order chi connectivity index (χ1) is 9.26. The summed E-state index contributed by atoms with van der Waals surface area (Å²) in [7, 11) is 0. The second-order valence-corrected chi connectivity index (χ2v) is 5.74. The molecule has 2 aliphatic heterocycles. The SMILES string of the molecule is O=C(c1csc(C#CCO)c1)N1CC2CCC(C1)O2. The molecule has 100 valence electrons. The number of morpholine rings is 1. The van der Waals surface area contributed by atoms with Crippen LogP contribution >= 0.6 is 11.3 Å². The van der Waals surface area contributed by atoms with Gasteiger partial charge in [0, 0.05) is 18.5 Å². The van der Waals surface area contributed by atoms with Gasteiger partial charge < -0.3 is 14.7 Å². The summed E-state index contributed by atoms with van der Waals surface area (Å²) in [5.74, 6) is 5.48. The number of likely N-dealkylation sites (tertiary alicyclic amines) is 1. The monoisotopic (exact) mass is 277 g/mol. The molecule has 3 heterocycles. The average molecular weight is 277 g/mol. The zero-order valence-electron chi connectivity index (χ0n) is 10.5. The summed E-state index contributed by atoms with van der Waals surface area (Å²) in [5.41, 5.74) is 0.688. The molecule has 4 nitrogen and oxygen atoms in total. The predicted octanol–water partition coefficient (Wildman–Crippen LogP) is 1.10. The van der Waals surface area contributed by atoms with Crippen LogP contribution in [0.3, 0.4) is 0 Å². The van der Waals surface area contributed by atoms with Gasteiger partial charge in [-0.05, 0) is 18.9 Å². The van der Waals surface area contributed by atoms with Crippen LogP contribution in [0.5, 0.6) is 0 Å². The van der Waals surface area contributed by atoms with Gasteiger partial charge in [-0.3, -0.25) is 4.79 Å². The minimum absolute atomic E-state index is 0.0634. The van der Waals surface area contributed by atoms with Gasteiger partial charge in [-0.2, -0.15) is 0 Å². The maximum Gasteiger partial charge on any atom is 0.254 e. The lowest BCUT2D eigenvalue weighted by Gasteiger charge is -2.31. The van der Waals surface area contributed by atoms with Crippen LogP contribution in [-0.2, 0) is 4.74 Å². The molecule has 2 aliphatic rings. The molecule has 2 atom stereocenters. The zero-order chi connectivity index (χ0) is 13.2. The van der Waals surface area contributed by atoms with Crippen molar-refractivity contribution in [2.75, 3.05) is 19.7 Å². The average Bonchev–Trinajstić information content (AvgIpc) is 3.02. The topological polar surface area (TPSA) is 49.8 Å². The van der Waals surface area contributed by atoms with Crippen LogP contribution in [0, 0.1) is 11.8 Å². The largest absolute Gasteiger partial charge is 0.384 e. The van der Waals surface area contributed by atoms with E-state index >= 15 is 0 Å². The molecule has 1 N–H and O–H groups in total. The maximum absolute atomic E-state index is 12.4. The number of ether oxygens (including phenoxy) is 1. The van der Waals surface area contributed by atoms with Crippen LogP contribution in [-0.4, -0.2) is 47.8 Å². The Kier molecular flexibility index (Phi) is 3.56. The number of hydrogen-bond donors (Lipinski definition) is 1. The van der Waals surface area contributed by atoms with Gasteiger partial charge in [-0.25, -0.2) is 0 Å². The molecule has 5 heteroatoms. The van der Waals surface area contributed by atoms with E-state index in [1.165, 1.54) is 11.3 Å². The predicted molar refractivity (Wildman–Crippen MR) is 72.1 cm³/mol. The minimum atomic E-state index is -0.159. The van der Waals surface area contributed by atoms with Crippen molar-refractivity contribution in [1.29, 1.82) is 0 Å². The van der Waals surface area contributed by atoms with Gasteiger partial charge in [0.25, 0.3) is 5.91 Å². The summed E-state index contributed by atoms with van der Waals surface area (Å²) < 4.78 is 5.73. The summed E-state index contributed by atoms with van der Waals surface area (Å²) in [5, 5.41) is 10.5. The molecular formula is C14H15NO3S. The number of aliphatic hydroxyl groups excluding tert-OH is 1. The molecule has 1 aromatic rings. The number of aliphatic hydroxyl groups is 1. The summed E-state index contributed by atoms with van der Waals surface area (Å²) in [6.45, 7) is 1.24. The fourth-order valence-electron chi connectivity index (χ4n) is 2.60. The van der Waals surface area contributed by atoms with E-state index in [0.29, 0.717) is 18.7 Å². The fraction of sp³-hybridized carbons (Fsp3) is 0.500. The van der Waals surface area contributed by atoms with Crippen molar-refractivity contribution >= 4 is 17.2 Å². The number of thiophene rings is 1. The molecular weight excluding hydrogens is 262 g/mol. The summed E-state index contributed by atoms with van der Waals surface area (Å²) in [6.07, 6.45) is 2.56. The van der Waals surface area contributed by atoms with Crippen LogP contribution in [0.25, 0.3) is 0 Å². The van der Waals surface area contributed by atoms with Crippen molar-refractivity contribution in [3.8, 4) is 11.8 Å². The van der Waals surface area contributed by atoms with E-state index in [1.54, 1.807) is 6.07 Å². The standard InChI is InChI=1S/C14H15NO3S/c16-5-1-2-13-6-10(9-19-13)14(17)15-7-11-3-4-12(8-15)18-11/h6,9,11-12,16H,3-5,7-8H2. The third kappa shape index (κ3) is 2.66. The van der Waals surface area contributed by atoms with Crippen molar-refractivity contribution in [2.45, 2.75) is 25.0 Å². The Morgan fingerprint density at radius 3 is 2.89 bits per heavy atom. The highest BCUT2D eigenvalue weighted by atomic mass is 32.1. The lowest BCUT2D eigenvalue weighted by molar-refractivity contribution is -0.0303. The van der Waals surface area contributed by atoms with Crippen LogP contribution in [0.4, 0.5) is 0 Å². The van der Waals surface area contributed by atoms with Gasteiger partial charge in [0.05, 0.1) is 22.6 Å². The first-order valence-corrected chi connectivity index (χ1v) is 7.27. The van der Waals surface area contributed by atoms with Crippen molar-refractivity contribution in [2.24, 2.45) is 0 Å². The molecule has 0 saturated carbocycles. The summed E-state index contributed by atoms with van der Waals surface area (Å²) in [4.78, 5) is 15.1. The molecule has 19 heavy (non-hydrogen) atoms. The smallest absolute Gasteiger partial charge is 0.254 e. The number of carbonyl (C=O) groups is 1. The molecule has 2 bridgehead atoms. The molecule has 1 amide bonds. The highest BCUT2D eigenvalue weighted by molar-refractivity contribution is 7.10. The molecule has 3 rings (SSSR count). The van der Waals surface area contributed by atoms with Crippen molar-refractivity contribution in [3.63, 3.8) is 0 Å². The van der Waals surface area contributed by atoms with Crippen molar-refractivity contribution in [3.05, 3.63) is 21.9 Å². The highest BCUT2D eigenvalue weighted by Gasteiger charge is 2.36. The Bertz CT molecular complexity index is 530. The Balaban J connectivity index is 1.71. The first kappa shape index (κ1) is 12.7. The van der Waals surface area contributed by atoms with Gasteiger partial charge in [0.1, 0.15) is 6.61 Å². The van der Waals surface area contributed by atoms with E-state index in [2.05, 4.69) is 11.8 Å². The van der Waals surface area contributed by atoms with E-state index in [-0.39, 0.29) is 24.7 Å². The number of hydrogen-bond acceptors (Lipinski definition) is 4. The molecule has 0 aromatic carbocycles. The van der Waals surface area contributed by atoms with E-state index in [0.717, 1.165) is 17.7 Å². The normalized spacial score (nSPS) is 25.0. The number of carbonyl (C=O) groups excluding carboxylic acids is 1. The molecule has 2 fully saturated rings. The van der Waals surface area contributed by atoms with Crippen molar-refractivity contribution in [1.82, 2.24) is 4.90 Å². The highest BCUT2D eigenvalue weighted by Crippen LogP contribution is 2.27. The van der Waals surface area contributed by atoms with Gasteiger partial charge in [0.2, 0.25) is 0 Å². The molecule has 2 unspecified atom stereocenters. The maximum atomic E-state index is 12.4. The Hall–Kier alpha value is -1.35. The number of fused-ring (bicyclic) bond motifs is 2. The van der Waals surface area contributed by atoms with Gasteiger partial charge in [-0.1, -0.05) is 11.8 Å². The molecule has 2 saturated heterocycles. The Labute approximate surface area is 116 Å². The van der Waals surface area contributed by atoms with Crippen LogP contribution in [0.1, 0.15) is 28.1 Å². The Morgan fingerprint density at radius 1 is 1.47 bits per heavy atom. The minimum Gasteiger partial charge on any atom is -0.384 e. The fourth-order valence-corrected chi connectivity index (χ4v) is 3.35. The van der Waals surface area contributed by atoms with Gasteiger partial charge >= 0.3 is 0 Å². The van der Waals surface area contributed by atoms with Crippen molar-refractivity contribution < 1.29 is 14.6 Å². The zero-order valence-corrected chi connectivity index (χ0v) is 11.3. The van der Waals surface area contributed by atoms with Crippen LogP contribution in [0.2, 0.25) is 0 Å². The van der Waals surface area contributed by atoms with Crippen LogP contribution in [0.15, 0.2) is 11.4 Å². The number of amides is 1. The van der Waals surface area contributed by atoms with Crippen LogP contribution < -0.4 is 0 Å². The lowest BCUT2D eigenvalue weighted by Crippen LogP contribution is -2.45. The quantitative estimate of drug-likeness (QED) is 0.782. The van der Waals surface area contributed by atoms with Gasteiger partial charge in [0.15, 0.2) is 0 Å². The van der Waals surface area contributed by atoms with E-state index in [1.807, 2.05) is 10.3 Å².